The summed E-state index contributed by atoms with van der Waals surface area (Å²) in [7, 11) is 0. The zero-order chi connectivity index (χ0) is 44.9. The number of furan rings is 2. The molecule has 0 atom stereocenters. The van der Waals surface area contributed by atoms with Gasteiger partial charge in [-0.2, -0.15) is 0 Å². The molecule has 2 nitrogen and oxygen atoms in total. The minimum Gasteiger partial charge on any atom is -0.456 e. The highest BCUT2D eigenvalue weighted by Crippen LogP contribution is 2.62. The number of para-hydroxylation sites is 2. The summed E-state index contributed by atoms with van der Waals surface area (Å²) in [5.41, 5.74) is 24.6. The Morgan fingerprint density at radius 1 is 0.254 bits per heavy atom. The van der Waals surface area contributed by atoms with Gasteiger partial charge in [-0.15, -0.1) is 0 Å². The first-order valence-electron chi connectivity index (χ1n) is 23.8. The lowest BCUT2D eigenvalue weighted by molar-refractivity contribution is 0.649. The van der Waals surface area contributed by atoms with Crippen molar-refractivity contribution < 1.29 is 8.83 Å². The van der Waals surface area contributed by atoms with Gasteiger partial charge in [-0.25, -0.2) is 0 Å². The maximum absolute atomic E-state index is 6.43. The van der Waals surface area contributed by atoms with E-state index in [1.807, 2.05) is 0 Å². The number of fused-ring (bicyclic) bond motifs is 19. The molecule has 0 saturated carbocycles. The Morgan fingerprint density at radius 3 is 1.00 bits per heavy atom. The molecule has 10 aromatic carbocycles. The molecular weight excluding hydrogens is 813 g/mol. The van der Waals surface area contributed by atoms with Crippen molar-refractivity contribution in [3.63, 3.8) is 0 Å². The second-order valence-electron chi connectivity index (χ2n) is 21.1. The van der Waals surface area contributed by atoms with Crippen molar-refractivity contribution in [1.29, 1.82) is 0 Å². The van der Waals surface area contributed by atoms with Crippen LogP contribution in [0.1, 0.15) is 74.9 Å². The normalized spacial score (nSPS) is 15.7. The van der Waals surface area contributed by atoms with Gasteiger partial charge in [0.2, 0.25) is 0 Å². The Bertz CT molecular complexity index is 3970. The summed E-state index contributed by atoms with van der Waals surface area (Å²) < 4.78 is 12.9. The molecule has 0 unspecified atom stereocenters. The van der Waals surface area contributed by atoms with Gasteiger partial charge < -0.3 is 8.83 Å². The Balaban J connectivity index is 0.922. The summed E-state index contributed by atoms with van der Waals surface area (Å²) >= 11 is 0. The Hall–Kier alpha value is -7.68. The summed E-state index contributed by atoms with van der Waals surface area (Å²) in [4.78, 5) is 0. The number of benzene rings is 10. The summed E-state index contributed by atoms with van der Waals surface area (Å²) in [5, 5.41) is 9.83. The fourth-order valence-electron chi connectivity index (χ4n) is 13.3. The zero-order valence-electron chi connectivity index (χ0n) is 38.5. The van der Waals surface area contributed by atoms with Crippen LogP contribution in [0.4, 0.5) is 0 Å². The highest BCUT2D eigenvalue weighted by atomic mass is 16.3. The fourth-order valence-corrected chi connectivity index (χ4v) is 13.3. The van der Waals surface area contributed by atoms with E-state index in [0.29, 0.717) is 0 Å². The van der Waals surface area contributed by atoms with Gasteiger partial charge in [-0.1, -0.05) is 151 Å². The molecule has 0 amide bonds. The average Bonchev–Trinajstić information content (AvgIpc) is 4.09. The van der Waals surface area contributed by atoms with E-state index >= 15 is 0 Å². The van der Waals surface area contributed by atoms with Crippen LogP contribution in [0.15, 0.2) is 179 Å². The van der Waals surface area contributed by atoms with E-state index in [2.05, 4.69) is 211 Å². The molecule has 0 spiro atoms. The predicted molar refractivity (Wildman–Crippen MR) is 280 cm³/mol. The molecule has 2 heteroatoms. The number of hydrogen-bond donors (Lipinski definition) is 0. The van der Waals surface area contributed by atoms with Crippen LogP contribution in [0, 0.1) is 0 Å². The lowest BCUT2D eigenvalue weighted by Gasteiger charge is -2.25. The first-order chi connectivity index (χ1) is 32.5. The second-order valence-corrected chi connectivity index (χ2v) is 21.1. The molecule has 0 saturated heterocycles. The minimum absolute atomic E-state index is 0.212. The smallest absolute Gasteiger partial charge is 0.136 e. The Labute approximate surface area is 389 Å². The van der Waals surface area contributed by atoms with Crippen LogP contribution in [-0.4, -0.2) is 0 Å². The molecule has 2 aromatic heterocycles. The third kappa shape index (κ3) is 4.61. The average molecular weight is 859 g/mol. The van der Waals surface area contributed by atoms with E-state index in [4.69, 9.17) is 8.83 Å². The van der Waals surface area contributed by atoms with Crippen molar-refractivity contribution in [1.82, 2.24) is 0 Å². The highest BCUT2D eigenvalue weighted by Gasteiger charge is 2.45. The SMILES string of the molecule is CC1(C)c2cc3c(cc2-c2cc4c(cc21)-c1c(cc(-c2cccc5oc6ccccc6c25)c2ccccc12)C4(C)C)C(C)(C)c1cc(-c2cccc4oc5ccccc5c24)c2ccccc2c1-3. The molecule has 12 aromatic rings. The molecule has 67 heavy (non-hydrogen) atoms. The van der Waals surface area contributed by atoms with Crippen LogP contribution in [0.5, 0.6) is 0 Å². The van der Waals surface area contributed by atoms with Crippen LogP contribution in [-0.2, 0) is 16.2 Å². The summed E-state index contributed by atoms with van der Waals surface area (Å²) in [6.07, 6.45) is 0. The van der Waals surface area contributed by atoms with Gasteiger partial charge in [0.1, 0.15) is 22.3 Å². The highest BCUT2D eigenvalue weighted by molar-refractivity contribution is 6.19. The lowest BCUT2D eigenvalue weighted by Crippen LogP contribution is -2.17. The van der Waals surface area contributed by atoms with E-state index in [1.54, 1.807) is 0 Å². The van der Waals surface area contributed by atoms with E-state index in [-0.39, 0.29) is 16.2 Å². The monoisotopic (exact) mass is 858 g/mol. The molecule has 0 bridgehead atoms. The Morgan fingerprint density at radius 2 is 0.567 bits per heavy atom. The first kappa shape index (κ1) is 37.5. The molecule has 0 radical (unpaired) electrons. The predicted octanol–water partition coefficient (Wildman–Crippen LogP) is 18.0. The maximum Gasteiger partial charge on any atom is 0.136 e. The van der Waals surface area contributed by atoms with Gasteiger partial charge in [0.15, 0.2) is 0 Å². The van der Waals surface area contributed by atoms with Gasteiger partial charge >= 0.3 is 0 Å². The van der Waals surface area contributed by atoms with E-state index in [1.165, 1.54) is 121 Å². The minimum atomic E-state index is -0.234. The maximum atomic E-state index is 6.43. The molecule has 3 aliphatic rings. The molecule has 2 heterocycles. The van der Waals surface area contributed by atoms with Gasteiger partial charge in [0.05, 0.1) is 0 Å². The molecule has 0 aliphatic heterocycles. The lowest BCUT2D eigenvalue weighted by atomic mass is 9.78. The number of hydrogen-bond acceptors (Lipinski definition) is 2. The molecule has 0 fully saturated rings. The van der Waals surface area contributed by atoms with Crippen molar-refractivity contribution in [3.05, 3.63) is 203 Å². The van der Waals surface area contributed by atoms with Crippen molar-refractivity contribution in [3.8, 4) is 55.6 Å². The first-order valence-corrected chi connectivity index (χ1v) is 23.8. The topological polar surface area (TPSA) is 26.3 Å². The van der Waals surface area contributed by atoms with Crippen molar-refractivity contribution in [2.24, 2.45) is 0 Å². The van der Waals surface area contributed by atoms with E-state index in [0.717, 1.165) is 33.1 Å². The van der Waals surface area contributed by atoms with Crippen molar-refractivity contribution in [2.45, 2.75) is 57.8 Å². The second kappa shape index (κ2) is 12.4. The largest absolute Gasteiger partial charge is 0.456 e. The van der Waals surface area contributed by atoms with Crippen molar-refractivity contribution >= 4 is 65.4 Å². The van der Waals surface area contributed by atoms with Gasteiger partial charge in [0.25, 0.3) is 0 Å². The third-order valence-corrected chi connectivity index (χ3v) is 16.7. The van der Waals surface area contributed by atoms with E-state index < -0.39 is 0 Å². The Kier molecular flexibility index (Phi) is 6.94. The van der Waals surface area contributed by atoms with Gasteiger partial charge in [-0.05, 0) is 171 Å². The van der Waals surface area contributed by atoms with Gasteiger partial charge in [0, 0.05) is 37.8 Å². The molecular formula is C65H46O2. The van der Waals surface area contributed by atoms with Crippen LogP contribution >= 0.6 is 0 Å². The van der Waals surface area contributed by atoms with E-state index in [9.17, 15) is 0 Å². The summed E-state index contributed by atoms with van der Waals surface area (Å²) in [6, 6.07) is 63.5. The quantitative estimate of drug-likeness (QED) is 0.173. The molecule has 15 rings (SSSR count). The van der Waals surface area contributed by atoms with Crippen molar-refractivity contribution in [2.75, 3.05) is 0 Å². The van der Waals surface area contributed by atoms with Crippen LogP contribution in [0.25, 0.3) is 121 Å². The third-order valence-electron chi connectivity index (χ3n) is 16.7. The van der Waals surface area contributed by atoms with Crippen LogP contribution in [0.3, 0.4) is 0 Å². The molecule has 0 N–H and O–H groups in total. The number of rotatable bonds is 2. The summed E-state index contributed by atoms with van der Waals surface area (Å²) in [5.74, 6) is 0. The molecule has 3 aliphatic carbocycles. The van der Waals surface area contributed by atoms with Gasteiger partial charge in [-0.3, -0.25) is 0 Å². The zero-order valence-corrected chi connectivity index (χ0v) is 38.5. The molecule has 318 valence electrons. The van der Waals surface area contributed by atoms with Crippen LogP contribution in [0.2, 0.25) is 0 Å². The standard InChI is InChI=1S/C65H46O2/c1-63(2)49-33-47-51(64(3,4)53-29-43(35-17-7-9-19-37(35)59(47)53)39-23-15-27-57-61(39)41-21-11-13-25-55(41)66-57)31-45(49)46-32-52-48(34-50(46)63)60-38-20-10-8-18-36(38)44(30-54(60)65(52,5)6)40-24-16-28-58-62(40)42-22-12-14-26-56(42)67-58/h7-34H,1-6H3. The summed E-state index contributed by atoms with van der Waals surface area (Å²) in [6.45, 7) is 14.7. The fraction of sp³-hybridized carbons (Fsp3) is 0.138. The van der Waals surface area contributed by atoms with Crippen LogP contribution < -0.4 is 0 Å².